The molecule has 0 spiro atoms. The summed E-state index contributed by atoms with van der Waals surface area (Å²) in [6.07, 6.45) is 1.64. The molecule has 130 valence electrons. The molecule has 1 heterocycles. The minimum absolute atomic E-state index is 0.196. The van der Waals surface area contributed by atoms with Gasteiger partial charge in [0.25, 0.3) is 10.0 Å². The Morgan fingerprint density at radius 3 is 2.46 bits per heavy atom. The third-order valence-electron chi connectivity index (χ3n) is 4.23. The van der Waals surface area contributed by atoms with Gasteiger partial charge in [-0.05, 0) is 24.3 Å². The van der Waals surface area contributed by atoms with Crippen LogP contribution in [0.4, 0.5) is 5.69 Å². The molecule has 0 bridgehead atoms. The highest BCUT2D eigenvalue weighted by Crippen LogP contribution is 2.32. The lowest BCUT2D eigenvalue weighted by molar-refractivity contribution is 0.419. The van der Waals surface area contributed by atoms with Gasteiger partial charge in [-0.1, -0.05) is 42.5 Å². The van der Waals surface area contributed by atoms with Crippen LogP contribution in [0.5, 0.6) is 5.75 Å². The molecule has 0 aliphatic rings. The highest BCUT2D eigenvalue weighted by molar-refractivity contribution is 7.93. The van der Waals surface area contributed by atoms with Gasteiger partial charge in [0.1, 0.15) is 5.75 Å². The predicted molar refractivity (Wildman–Crippen MR) is 103 cm³/mol. The Balaban J connectivity index is 1.86. The summed E-state index contributed by atoms with van der Waals surface area (Å²) in [5, 5.41) is 2.22. The molecule has 0 radical (unpaired) electrons. The monoisotopic (exact) mass is 364 g/mol. The Kier molecular flexibility index (Phi) is 3.97. The van der Waals surface area contributed by atoms with E-state index in [2.05, 4.69) is 9.71 Å². The molecule has 4 rings (SSSR count). The Morgan fingerprint density at radius 1 is 0.885 bits per heavy atom. The smallest absolute Gasteiger partial charge is 0.262 e. The Hall–Kier alpha value is -3.12. The van der Waals surface area contributed by atoms with Crippen molar-refractivity contribution in [3.63, 3.8) is 0 Å². The SMILES string of the molecule is COc1ccc(S(=O)(=O)Nc2cccc3cccnc23)c2ccccc12. The molecule has 26 heavy (non-hydrogen) atoms. The molecule has 0 atom stereocenters. The zero-order valence-corrected chi connectivity index (χ0v) is 14.8. The van der Waals surface area contributed by atoms with E-state index in [0.717, 1.165) is 10.8 Å². The molecular weight excluding hydrogens is 348 g/mol. The number of ether oxygens (including phenoxy) is 1. The molecule has 0 saturated heterocycles. The summed E-state index contributed by atoms with van der Waals surface area (Å²) in [6.45, 7) is 0. The average molecular weight is 364 g/mol. The van der Waals surface area contributed by atoms with Crippen molar-refractivity contribution in [3.05, 3.63) is 72.9 Å². The number of sulfonamides is 1. The zero-order valence-electron chi connectivity index (χ0n) is 14.0. The van der Waals surface area contributed by atoms with Crippen LogP contribution in [0.25, 0.3) is 21.7 Å². The maximum atomic E-state index is 13.1. The Morgan fingerprint density at radius 2 is 1.65 bits per heavy atom. The molecule has 4 aromatic rings. The zero-order chi connectivity index (χ0) is 18.1. The van der Waals surface area contributed by atoms with E-state index in [1.54, 1.807) is 49.7 Å². The number of nitrogens with one attached hydrogen (secondary N) is 1. The van der Waals surface area contributed by atoms with E-state index in [-0.39, 0.29) is 4.90 Å². The maximum Gasteiger partial charge on any atom is 0.262 e. The van der Waals surface area contributed by atoms with Crippen LogP contribution in [0.3, 0.4) is 0 Å². The molecule has 5 nitrogen and oxygen atoms in total. The predicted octanol–water partition coefficient (Wildman–Crippen LogP) is 4.20. The molecule has 0 aliphatic heterocycles. The number of hydrogen-bond donors (Lipinski definition) is 1. The van der Waals surface area contributed by atoms with Crippen molar-refractivity contribution < 1.29 is 13.2 Å². The summed E-state index contributed by atoms with van der Waals surface area (Å²) in [5.74, 6) is 0.631. The standard InChI is InChI=1S/C20H16N2O3S/c1-25-18-11-12-19(16-9-3-2-8-15(16)18)26(23,24)22-17-10-4-6-14-7-5-13-21-20(14)17/h2-13,22H,1H3. The first kappa shape index (κ1) is 16.4. The van der Waals surface area contributed by atoms with Crippen molar-refractivity contribution in [2.75, 3.05) is 11.8 Å². The second-order valence-corrected chi connectivity index (χ2v) is 7.45. The number of fused-ring (bicyclic) bond motifs is 2. The summed E-state index contributed by atoms with van der Waals surface area (Å²) in [6, 6.07) is 19.6. The van der Waals surface area contributed by atoms with Gasteiger partial charge < -0.3 is 4.74 Å². The molecule has 0 aliphatic carbocycles. The third-order valence-corrected chi connectivity index (χ3v) is 5.65. The largest absolute Gasteiger partial charge is 0.496 e. The van der Waals surface area contributed by atoms with Gasteiger partial charge in [0.05, 0.1) is 23.2 Å². The van der Waals surface area contributed by atoms with Crippen molar-refractivity contribution in [3.8, 4) is 5.75 Å². The van der Waals surface area contributed by atoms with Crippen molar-refractivity contribution in [1.29, 1.82) is 0 Å². The number of para-hydroxylation sites is 1. The first-order chi connectivity index (χ1) is 12.6. The number of aromatic nitrogens is 1. The fraction of sp³-hybridized carbons (Fsp3) is 0.0500. The van der Waals surface area contributed by atoms with Gasteiger partial charge in [-0.2, -0.15) is 0 Å². The molecule has 6 heteroatoms. The molecule has 0 amide bonds. The van der Waals surface area contributed by atoms with E-state index in [9.17, 15) is 8.42 Å². The second-order valence-electron chi connectivity index (χ2n) is 5.80. The first-order valence-electron chi connectivity index (χ1n) is 8.02. The molecule has 0 saturated carbocycles. The number of benzene rings is 3. The topological polar surface area (TPSA) is 68.3 Å². The lowest BCUT2D eigenvalue weighted by atomic mass is 10.1. The molecular formula is C20H16N2O3S. The maximum absolute atomic E-state index is 13.1. The molecule has 0 unspecified atom stereocenters. The first-order valence-corrected chi connectivity index (χ1v) is 9.51. The van der Waals surface area contributed by atoms with E-state index in [1.165, 1.54) is 0 Å². The summed E-state index contributed by atoms with van der Waals surface area (Å²) in [4.78, 5) is 4.50. The van der Waals surface area contributed by atoms with Gasteiger partial charge in [0, 0.05) is 22.4 Å². The minimum atomic E-state index is -3.80. The summed E-state index contributed by atoms with van der Waals surface area (Å²) in [5.41, 5.74) is 1.05. The number of pyridine rings is 1. The highest BCUT2D eigenvalue weighted by atomic mass is 32.2. The summed E-state index contributed by atoms with van der Waals surface area (Å²) < 4.78 is 34.2. The Labute approximate surface area is 151 Å². The van der Waals surface area contributed by atoms with Crippen LogP contribution in [0, 0.1) is 0 Å². The van der Waals surface area contributed by atoms with Crippen LogP contribution < -0.4 is 9.46 Å². The highest BCUT2D eigenvalue weighted by Gasteiger charge is 2.20. The van der Waals surface area contributed by atoms with Crippen LogP contribution in [-0.4, -0.2) is 20.5 Å². The van der Waals surface area contributed by atoms with E-state index >= 15 is 0 Å². The summed E-state index contributed by atoms with van der Waals surface area (Å²) >= 11 is 0. The van der Waals surface area contributed by atoms with Crippen molar-refractivity contribution in [2.24, 2.45) is 0 Å². The van der Waals surface area contributed by atoms with Crippen LogP contribution in [0.15, 0.2) is 77.8 Å². The van der Waals surface area contributed by atoms with E-state index in [4.69, 9.17) is 4.74 Å². The van der Waals surface area contributed by atoms with Crippen molar-refractivity contribution in [2.45, 2.75) is 4.90 Å². The third kappa shape index (κ3) is 2.74. The quantitative estimate of drug-likeness (QED) is 0.589. The van der Waals surface area contributed by atoms with Crippen LogP contribution in [0.1, 0.15) is 0 Å². The second kappa shape index (κ2) is 6.31. The van der Waals surface area contributed by atoms with Gasteiger partial charge in [-0.15, -0.1) is 0 Å². The van der Waals surface area contributed by atoms with Crippen molar-refractivity contribution in [1.82, 2.24) is 4.98 Å². The fourth-order valence-corrected chi connectivity index (χ4v) is 4.32. The molecule has 1 aromatic heterocycles. The number of rotatable bonds is 4. The average Bonchev–Trinajstić information content (AvgIpc) is 2.67. The van der Waals surface area contributed by atoms with E-state index in [1.807, 2.05) is 30.3 Å². The van der Waals surface area contributed by atoms with Crippen LogP contribution >= 0.6 is 0 Å². The summed E-state index contributed by atoms with van der Waals surface area (Å²) in [7, 11) is -2.24. The van der Waals surface area contributed by atoms with Gasteiger partial charge in [0.2, 0.25) is 0 Å². The van der Waals surface area contributed by atoms with E-state index in [0.29, 0.717) is 22.3 Å². The Bertz CT molecular complexity index is 1210. The normalized spacial score (nSPS) is 11.6. The molecule has 3 aromatic carbocycles. The van der Waals surface area contributed by atoms with Gasteiger partial charge in [0.15, 0.2) is 0 Å². The van der Waals surface area contributed by atoms with E-state index < -0.39 is 10.0 Å². The number of nitrogens with zero attached hydrogens (tertiary/aromatic N) is 1. The number of anilines is 1. The lowest BCUT2D eigenvalue weighted by Gasteiger charge is -2.13. The van der Waals surface area contributed by atoms with Gasteiger partial charge in [-0.25, -0.2) is 8.42 Å². The molecule has 1 N–H and O–H groups in total. The van der Waals surface area contributed by atoms with Crippen molar-refractivity contribution >= 4 is 37.4 Å². The number of methoxy groups -OCH3 is 1. The number of hydrogen-bond acceptors (Lipinski definition) is 4. The van der Waals surface area contributed by atoms with Crippen LogP contribution in [0.2, 0.25) is 0 Å². The van der Waals surface area contributed by atoms with Gasteiger partial charge >= 0.3 is 0 Å². The van der Waals surface area contributed by atoms with Crippen LogP contribution in [-0.2, 0) is 10.0 Å². The minimum Gasteiger partial charge on any atom is -0.496 e. The molecule has 0 fully saturated rings. The fourth-order valence-electron chi connectivity index (χ4n) is 3.04. The lowest BCUT2D eigenvalue weighted by Crippen LogP contribution is -2.14. The van der Waals surface area contributed by atoms with Gasteiger partial charge in [-0.3, -0.25) is 9.71 Å².